The molecule has 1 aromatic heterocycles. The van der Waals surface area contributed by atoms with Gasteiger partial charge in [-0.2, -0.15) is 5.10 Å². The smallest absolute Gasteiger partial charge is 0.256 e. The number of para-hydroxylation sites is 1. The van der Waals surface area contributed by atoms with E-state index in [4.69, 9.17) is 11.6 Å². The third kappa shape index (κ3) is 3.45. The average Bonchev–Trinajstić information content (AvgIpc) is 3.37. The average molecular weight is 443 g/mol. The lowest BCUT2D eigenvalue weighted by Crippen LogP contribution is -2.53. The van der Waals surface area contributed by atoms with E-state index in [1.165, 1.54) is 17.0 Å². The van der Waals surface area contributed by atoms with Crippen molar-refractivity contribution >= 4 is 34.3 Å². The fraction of sp³-hybridized carbons (Fsp3) is 0.318. The quantitative estimate of drug-likeness (QED) is 0.652. The van der Waals surface area contributed by atoms with Crippen LogP contribution in [0.25, 0.3) is 22.2 Å². The first-order valence-corrected chi connectivity index (χ1v) is 10.5. The lowest BCUT2D eigenvalue weighted by Gasteiger charge is -2.35. The molecule has 1 aliphatic carbocycles. The van der Waals surface area contributed by atoms with Crippen LogP contribution in [0, 0.1) is 5.82 Å². The summed E-state index contributed by atoms with van der Waals surface area (Å²) < 4.78 is 14.9. The molecule has 0 spiro atoms. The van der Waals surface area contributed by atoms with Gasteiger partial charge in [-0.25, -0.2) is 4.39 Å². The van der Waals surface area contributed by atoms with Crippen LogP contribution in [-0.4, -0.2) is 68.7 Å². The number of nitrogens with zero attached hydrogens (tertiary/aromatic N) is 3. The molecule has 0 unspecified atom stereocenters. The number of aromatic nitrogens is 2. The Bertz CT molecular complexity index is 1200. The van der Waals surface area contributed by atoms with E-state index in [1.54, 1.807) is 23.1 Å². The molecule has 0 radical (unpaired) electrons. The van der Waals surface area contributed by atoms with Crippen LogP contribution in [0.4, 0.5) is 4.39 Å². The zero-order valence-electron chi connectivity index (χ0n) is 16.6. The van der Waals surface area contributed by atoms with Gasteiger partial charge in [-0.1, -0.05) is 29.8 Å². The number of hydrogen-bond acceptors (Lipinski definition) is 4. The molecule has 9 heteroatoms. The van der Waals surface area contributed by atoms with Crippen LogP contribution in [0.3, 0.4) is 0 Å². The Balaban J connectivity index is 1.33. The van der Waals surface area contributed by atoms with Gasteiger partial charge in [0.1, 0.15) is 16.9 Å². The van der Waals surface area contributed by atoms with Crippen molar-refractivity contribution in [2.24, 2.45) is 0 Å². The van der Waals surface area contributed by atoms with Gasteiger partial charge in [0.05, 0.1) is 16.3 Å². The monoisotopic (exact) mass is 442 g/mol. The molecule has 1 aliphatic heterocycles. The molecule has 2 amide bonds. The number of carbonyl (C=O) groups excluding carboxylic acids is 2. The van der Waals surface area contributed by atoms with E-state index in [0.717, 1.165) is 5.39 Å². The Morgan fingerprint density at radius 1 is 1.10 bits per heavy atom. The van der Waals surface area contributed by atoms with Gasteiger partial charge < -0.3 is 14.9 Å². The van der Waals surface area contributed by atoms with Crippen LogP contribution < -0.4 is 0 Å². The molecular formula is C22H20ClFN4O3. The van der Waals surface area contributed by atoms with E-state index >= 15 is 0 Å². The molecule has 31 heavy (non-hydrogen) atoms. The number of benzene rings is 2. The number of piperazine rings is 1. The van der Waals surface area contributed by atoms with Gasteiger partial charge in [-0.15, -0.1) is 0 Å². The largest absolute Gasteiger partial charge is 0.380 e. The number of nitrogens with one attached hydrogen (secondary N) is 1. The van der Waals surface area contributed by atoms with Crippen LogP contribution in [-0.2, 0) is 4.79 Å². The van der Waals surface area contributed by atoms with E-state index < -0.39 is 17.3 Å². The number of amides is 2. The zero-order chi connectivity index (χ0) is 21.8. The van der Waals surface area contributed by atoms with Crippen molar-refractivity contribution in [3.8, 4) is 11.3 Å². The van der Waals surface area contributed by atoms with Crippen molar-refractivity contribution in [1.82, 2.24) is 20.0 Å². The third-order valence-electron chi connectivity index (χ3n) is 6.00. The molecule has 2 aromatic carbocycles. The number of halogens is 2. The lowest BCUT2D eigenvalue weighted by atomic mass is 10.0. The van der Waals surface area contributed by atoms with Crippen molar-refractivity contribution in [1.29, 1.82) is 0 Å². The number of fused-ring (bicyclic) bond motifs is 1. The molecule has 160 valence electrons. The number of H-pyrrole nitrogens is 1. The van der Waals surface area contributed by atoms with E-state index in [1.807, 2.05) is 6.07 Å². The first kappa shape index (κ1) is 20.0. The topological polar surface area (TPSA) is 89.5 Å². The highest BCUT2D eigenvalue weighted by atomic mass is 35.5. The minimum atomic E-state index is -1.21. The summed E-state index contributed by atoms with van der Waals surface area (Å²) in [6.45, 7) is 1.25. The highest BCUT2D eigenvalue weighted by molar-refractivity contribution is 6.35. The molecule has 2 aliphatic rings. The highest BCUT2D eigenvalue weighted by Gasteiger charge is 2.50. The Hall–Kier alpha value is -2.97. The Morgan fingerprint density at radius 3 is 2.48 bits per heavy atom. The number of hydrogen-bond donors (Lipinski definition) is 2. The molecule has 3 aromatic rings. The maximum Gasteiger partial charge on any atom is 0.256 e. The van der Waals surface area contributed by atoms with Gasteiger partial charge in [-0.05, 0) is 31.0 Å². The number of carbonyl (C=O) groups is 2. The fourth-order valence-corrected chi connectivity index (χ4v) is 4.19. The summed E-state index contributed by atoms with van der Waals surface area (Å²) in [6.07, 6.45) is 0.973. The second kappa shape index (κ2) is 7.32. The van der Waals surface area contributed by atoms with Gasteiger partial charge >= 0.3 is 0 Å². The number of aromatic amines is 1. The predicted octanol–water partition coefficient (Wildman–Crippen LogP) is 2.83. The van der Waals surface area contributed by atoms with Crippen molar-refractivity contribution in [2.45, 2.75) is 18.4 Å². The van der Waals surface area contributed by atoms with Crippen LogP contribution in [0.1, 0.15) is 23.2 Å². The van der Waals surface area contributed by atoms with Crippen LogP contribution in [0.15, 0.2) is 36.4 Å². The Kier molecular flexibility index (Phi) is 4.71. The molecule has 1 saturated carbocycles. The van der Waals surface area contributed by atoms with Crippen molar-refractivity contribution < 1.29 is 19.1 Å². The van der Waals surface area contributed by atoms with Gasteiger partial charge in [0, 0.05) is 37.1 Å². The maximum atomic E-state index is 14.9. The molecule has 5 rings (SSSR count). The summed E-state index contributed by atoms with van der Waals surface area (Å²) in [4.78, 5) is 28.2. The van der Waals surface area contributed by atoms with Gasteiger partial charge in [-0.3, -0.25) is 14.7 Å². The van der Waals surface area contributed by atoms with E-state index in [2.05, 4.69) is 10.2 Å². The van der Waals surface area contributed by atoms with E-state index in [0.29, 0.717) is 60.8 Å². The number of rotatable bonds is 3. The standard InChI is InChI=1S/C22H20ClFN4O3/c23-16-3-1-2-15-18(25-26-19(15)16)13-4-5-14(17(24)12-13)20(29)27-8-10-28(11-9-27)21(30)22(31)6-7-22/h1-5,12,31H,6-11H2,(H,25,26). The molecule has 0 bridgehead atoms. The zero-order valence-corrected chi connectivity index (χ0v) is 17.3. The first-order chi connectivity index (χ1) is 14.9. The summed E-state index contributed by atoms with van der Waals surface area (Å²) in [5, 5.41) is 18.3. The van der Waals surface area contributed by atoms with Gasteiger partial charge in [0.25, 0.3) is 11.8 Å². The molecule has 1 saturated heterocycles. The first-order valence-electron chi connectivity index (χ1n) is 10.1. The molecule has 2 N–H and O–H groups in total. The minimum absolute atomic E-state index is 0.0220. The van der Waals surface area contributed by atoms with Gasteiger partial charge in [0.2, 0.25) is 0 Å². The molecule has 7 nitrogen and oxygen atoms in total. The Morgan fingerprint density at radius 2 is 1.81 bits per heavy atom. The number of aliphatic hydroxyl groups is 1. The summed E-state index contributed by atoms with van der Waals surface area (Å²) in [5.41, 5.74) is 0.552. The van der Waals surface area contributed by atoms with Crippen molar-refractivity contribution in [3.05, 3.63) is 52.8 Å². The van der Waals surface area contributed by atoms with Crippen molar-refractivity contribution in [2.75, 3.05) is 26.2 Å². The summed E-state index contributed by atoms with van der Waals surface area (Å²) in [6, 6.07) is 9.82. The third-order valence-corrected chi connectivity index (χ3v) is 6.30. The minimum Gasteiger partial charge on any atom is -0.380 e. The molecule has 0 atom stereocenters. The summed E-state index contributed by atoms with van der Waals surface area (Å²) in [7, 11) is 0. The lowest BCUT2D eigenvalue weighted by molar-refractivity contribution is -0.143. The predicted molar refractivity (Wildman–Crippen MR) is 113 cm³/mol. The molecular weight excluding hydrogens is 423 g/mol. The maximum absolute atomic E-state index is 14.9. The Labute approximate surface area is 182 Å². The van der Waals surface area contributed by atoms with Gasteiger partial charge in [0.15, 0.2) is 0 Å². The summed E-state index contributed by atoms with van der Waals surface area (Å²) in [5.74, 6) is -1.32. The SMILES string of the molecule is O=C(c1ccc(-c2[nH]nc3c(Cl)cccc23)cc1F)N1CCN(C(=O)C2(O)CC2)CC1. The van der Waals surface area contributed by atoms with Crippen LogP contribution in [0.5, 0.6) is 0 Å². The second-order valence-electron chi connectivity index (χ2n) is 8.05. The second-order valence-corrected chi connectivity index (χ2v) is 8.45. The molecule has 2 fully saturated rings. The summed E-state index contributed by atoms with van der Waals surface area (Å²) >= 11 is 6.15. The van der Waals surface area contributed by atoms with Crippen molar-refractivity contribution in [3.63, 3.8) is 0 Å². The van der Waals surface area contributed by atoms with E-state index in [-0.39, 0.29) is 11.5 Å². The molecule has 2 heterocycles. The van der Waals surface area contributed by atoms with Crippen LogP contribution >= 0.6 is 11.6 Å². The highest BCUT2D eigenvalue weighted by Crippen LogP contribution is 2.37. The fourth-order valence-electron chi connectivity index (χ4n) is 3.98. The van der Waals surface area contributed by atoms with Crippen LogP contribution in [0.2, 0.25) is 5.02 Å². The van der Waals surface area contributed by atoms with E-state index in [9.17, 15) is 19.1 Å². The normalized spacial score (nSPS) is 17.8.